The molecule has 0 atom stereocenters. The SMILES string of the molecule is CC(=O)c1ccc(C(=O)NCc2nc(C)cc(N(C)C)n2)cc1. The van der Waals surface area contributed by atoms with Gasteiger partial charge in [-0.2, -0.15) is 0 Å². The third kappa shape index (κ3) is 4.35. The van der Waals surface area contributed by atoms with Crippen LogP contribution in [0, 0.1) is 6.92 Å². The zero-order valence-electron chi connectivity index (χ0n) is 13.8. The van der Waals surface area contributed by atoms with Gasteiger partial charge in [0.1, 0.15) is 11.6 Å². The highest BCUT2D eigenvalue weighted by Gasteiger charge is 2.09. The van der Waals surface area contributed by atoms with Gasteiger partial charge in [-0.05, 0) is 26.0 Å². The Kier molecular flexibility index (Phi) is 5.05. The second-order valence-electron chi connectivity index (χ2n) is 5.49. The van der Waals surface area contributed by atoms with Gasteiger partial charge < -0.3 is 10.2 Å². The van der Waals surface area contributed by atoms with E-state index >= 15 is 0 Å². The first kappa shape index (κ1) is 16.6. The Hall–Kier alpha value is -2.76. The highest BCUT2D eigenvalue weighted by atomic mass is 16.1. The predicted molar refractivity (Wildman–Crippen MR) is 88.7 cm³/mol. The third-order valence-corrected chi connectivity index (χ3v) is 3.31. The molecule has 1 heterocycles. The number of hydrogen-bond acceptors (Lipinski definition) is 5. The van der Waals surface area contributed by atoms with Crippen LogP contribution in [0.2, 0.25) is 0 Å². The molecule has 23 heavy (non-hydrogen) atoms. The minimum absolute atomic E-state index is 0.0265. The standard InChI is InChI=1S/C17H20N4O2/c1-11-9-16(21(3)4)20-15(19-11)10-18-17(23)14-7-5-13(6-8-14)12(2)22/h5-9H,10H2,1-4H3,(H,18,23). The zero-order chi connectivity index (χ0) is 17.0. The third-order valence-electron chi connectivity index (χ3n) is 3.31. The monoisotopic (exact) mass is 312 g/mol. The number of carbonyl (C=O) groups is 2. The maximum Gasteiger partial charge on any atom is 0.251 e. The summed E-state index contributed by atoms with van der Waals surface area (Å²) >= 11 is 0. The summed E-state index contributed by atoms with van der Waals surface area (Å²) in [6.07, 6.45) is 0. The van der Waals surface area contributed by atoms with E-state index in [4.69, 9.17) is 0 Å². The Morgan fingerprint density at radius 2 is 1.70 bits per heavy atom. The summed E-state index contributed by atoms with van der Waals surface area (Å²) in [4.78, 5) is 34.0. The highest BCUT2D eigenvalue weighted by Crippen LogP contribution is 2.09. The van der Waals surface area contributed by atoms with Gasteiger partial charge in [-0.1, -0.05) is 12.1 Å². The number of anilines is 1. The minimum Gasteiger partial charge on any atom is -0.363 e. The van der Waals surface area contributed by atoms with Crippen molar-refractivity contribution in [3.05, 3.63) is 53.0 Å². The topological polar surface area (TPSA) is 75.2 Å². The lowest BCUT2D eigenvalue weighted by Crippen LogP contribution is -2.24. The van der Waals surface area contributed by atoms with Crippen molar-refractivity contribution >= 4 is 17.5 Å². The van der Waals surface area contributed by atoms with Crippen molar-refractivity contribution in [3.63, 3.8) is 0 Å². The van der Waals surface area contributed by atoms with Gasteiger partial charge in [0.15, 0.2) is 5.78 Å². The van der Waals surface area contributed by atoms with E-state index in [0.29, 0.717) is 17.0 Å². The summed E-state index contributed by atoms with van der Waals surface area (Å²) in [5, 5.41) is 2.79. The lowest BCUT2D eigenvalue weighted by molar-refractivity contribution is 0.0947. The molecule has 0 saturated carbocycles. The second-order valence-corrected chi connectivity index (χ2v) is 5.49. The van der Waals surface area contributed by atoms with Crippen LogP contribution in [0.3, 0.4) is 0 Å². The lowest BCUT2D eigenvalue weighted by Gasteiger charge is -2.13. The van der Waals surface area contributed by atoms with Crippen molar-refractivity contribution in [1.82, 2.24) is 15.3 Å². The molecule has 120 valence electrons. The quantitative estimate of drug-likeness (QED) is 0.855. The number of aryl methyl sites for hydroxylation is 1. The smallest absolute Gasteiger partial charge is 0.251 e. The van der Waals surface area contributed by atoms with Crippen LogP contribution in [-0.4, -0.2) is 35.8 Å². The molecule has 0 spiro atoms. The largest absolute Gasteiger partial charge is 0.363 e. The Bertz CT molecular complexity index is 724. The molecule has 1 aromatic carbocycles. The predicted octanol–water partition coefficient (Wildman–Crippen LogP) is 1.98. The summed E-state index contributed by atoms with van der Waals surface area (Å²) in [6.45, 7) is 3.63. The maximum absolute atomic E-state index is 12.1. The van der Waals surface area contributed by atoms with E-state index in [-0.39, 0.29) is 18.2 Å². The molecule has 0 aliphatic heterocycles. The Morgan fingerprint density at radius 1 is 1.09 bits per heavy atom. The number of Topliss-reactive ketones (excluding diaryl/α,β-unsaturated/α-hetero) is 1. The fraction of sp³-hybridized carbons (Fsp3) is 0.294. The van der Waals surface area contributed by atoms with Crippen molar-refractivity contribution in [2.24, 2.45) is 0 Å². The summed E-state index contributed by atoms with van der Waals surface area (Å²) in [6, 6.07) is 8.43. The van der Waals surface area contributed by atoms with E-state index in [0.717, 1.165) is 11.5 Å². The van der Waals surface area contributed by atoms with Gasteiger partial charge in [0.2, 0.25) is 0 Å². The zero-order valence-corrected chi connectivity index (χ0v) is 13.8. The number of nitrogens with zero attached hydrogens (tertiary/aromatic N) is 3. The number of carbonyl (C=O) groups excluding carboxylic acids is 2. The second kappa shape index (κ2) is 7.00. The molecule has 1 aromatic heterocycles. The van der Waals surface area contributed by atoms with E-state index in [1.165, 1.54) is 6.92 Å². The first-order valence-corrected chi connectivity index (χ1v) is 7.28. The summed E-state index contributed by atoms with van der Waals surface area (Å²) in [7, 11) is 3.81. The maximum atomic E-state index is 12.1. The van der Waals surface area contributed by atoms with Crippen LogP contribution in [0.5, 0.6) is 0 Å². The Morgan fingerprint density at radius 3 is 2.26 bits per heavy atom. The van der Waals surface area contributed by atoms with Gasteiger partial charge in [-0.15, -0.1) is 0 Å². The molecule has 0 radical (unpaired) electrons. The number of amides is 1. The average molecular weight is 312 g/mol. The van der Waals surface area contributed by atoms with E-state index in [1.807, 2.05) is 32.0 Å². The van der Waals surface area contributed by atoms with Crippen LogP contribution in [0.4, 0.5) is 5.82 Å². The molecule has 6 nitrogen and oxygen atoms in total. The molecule has 0 saturated heterocycles. The number of hydrogen-bond donors (Lipinski definition) is 1. The molecule has 1 amide bonds. The number of rotatable bonds is 5. The molecule has 0 unspecified atom stereocenters. The van der Waals surface area contributed by atoms with Crippen molar-refractivity contribution in [3.8, 4) is 0 Å². The summed E-state index contributed by atoms with van der Waals surface area (Å²) < 4.78 is 0. The molecular formula is C17H20N4O2. The van der Waals surface area contributed by atoms with Crippen LogP contribution in [0.1, 0.15) is 39.2 Å². The first-order valence-electron chi connectivity index (χ1n) is 7.28. The van der Waals surface area contributed by atoms with E-state index in [2.05, 4.69) is 15.3 Å². The Balaban J connectivity index is 2.05. The molecule has 0 aliphatic rings. The van der Waals surface area contributed by atoms with Gasteiger partial charge in [0.05, 0.1) is 6.54 Å². The van der Waals surface area contributed by atoms with Gasteiger partial charge in [0, 0.05) is 37.0 Å². The molecular weight excluding hydrogens is 292 g/mol. The molecule has 2 aromatic rings. The lowest BCUT2D eigenvalue weighted by atomic mass is 10.1. The molecule has 0 aliphatic carbocycles. The number of benzene rings is 1. The number of aromatic nitrogens is 2. The highest BCUT2D eigenvalue weighted by molar-refractivity contribution is 5.97. The van der Waals surface area contributed by atoms with E-state index in [9.17, 15) is 9.59 Å². The van der Waals surface area contributed by atoms with Crippen molar-refractivity contribution in [2.45, 2.75) is 20.4 Å². The van der Waals surface area contributed by atoms with Gasteiger partial charge >= 0.3 is 0 Å². The van der Waals surface area contributed by atoms with Crippen molar-refractivity contribution in [1.29, 1.82) is 0 Å². The van der Waals surface area contributed by atoms with Crippen LogP contribution in [-0.2, 0) is 6.54 Å². The summed E-state index contributed by atoms with van der Waals surface area (Å²) in [5.41, 5.74) is 1.92. The fourth-order valence-corrected chi connectivity index (χ4v) is 2.04. The fourth-order valence-electron chi connectivity index (χ4n) is 2.04. The van der Waals surface area contributed by atoms with Gasteiger partial charge in [-0.3, -0.25) is 9.59 Å². The van der Waals surface area contributed by atoms with E-state index in [1.54, 1.807) is 24.3 Å². The summed E-state index contributed by atoms with van der Waals surface area (Å²) in [5.74, 6) is 1.10. The van der Waals surface area contributed by atoms with Crippen LogP contribution < -0.4 is 10.2 Å². The van der Waals surface area contributed by atoms with Crippen molar-refractivity contribution in [2.75, 3.05) is 19.0 Å². The average Bonchev–Trinajstić information content (AvgIpc) is 2.52. The molecule has 0 fully saturated rings. The normalized spacial score (nSPS) is 10.3. The molecule has 0 bridgehead atoms. The number of ketones is 1. The van der Waals surface area contributed by atoms with Gasteiger partial charge in [0.25, 0.3) is 5.91 Å². The molecule has 6 heteroatoms. The van der Waals surface area contributed by atoms with E-state index < -0.39 is 0 Å². The van der Waals surface area contributed by atoms with Crippen LogP contribution in [0.25, 0.3) is 0 Å². The first-order chi connectivity index (χ1) is 10.9. The van der Waals surface area contributed by atoms with Crippen molar-refractivity contribution < 1.29 is 9.59 Å². The number of nitrogens with one attached hydrogen (secondary N) is 1. The van der Waals surface area contributed by atoms with Gasteiger partial charge in [-0.25, -0.2) is 9.97 Å². The minimum atomic E-state index is -0.225. The van der Waals surface area contributed by atoms with Crippen LogP contribution in [0.15, 0.2) is 30.3 Å². The molecule has 2 rings (SSSR count). The Labute approximate surface area is 135 Å². The van der Waals surface area contributed by atoms with Crippen LogP contribution >= 0.6 is 0 Å². The molecule has 1 N–H and O–H groups in total.